The number of carbonyl (C=O) groups excluding carboxylic acids is 1. The summed E-state index contributed by atoms with van der Waals surface area (Å²) in [7, 11) is 3.48. The monoisotopic (exact) mass is 270 g/mol. The highest BCUT2D eigenvalue weighted by Crippen LogP contribution is 2.21. The highest BCUT2D eigenvalue weighted by atomic mass is 35.5. The van der Waals surface area contributed by atoms with Crippen LogP contribution >= 0.6 is 11.6 Å². The quantitative estimate of drug-likeness (QED) is 0.803. The number of aromatic nitrogens is 2. The third-order valence-corrected chi connectivity index (χ3v) is 2.85. The summed E-state index contributed by atoms with van der Waals surface area (Å²) in [6, 6.07) is 0. The fourth-order valence-electron chi connectivity index (χ4n) is 1.53. The number of anilines is 1. The van der Waals surface area contributed by atoms with Crippen LogP contribution in [-0.2, 0) is 11.2 Å². The van der Waals surface area contributed by atoms with Crippen molar-refractivity contribution in [1.29, 1.82) is 0 Å². The molecule has 1 aromatic heterocycles. The molecule has 0 saturated heterocycles. The summed E-state index contributed by atoms with van der Waals surface area (Å²) in [5, 5.41) is 3.62. The molecule has 0 aromatic carbocycles. The lowest BCUT2D eigenvalue weighted by molar-refractivity contribution is -0.128. The smallest absolute Gasteiger partial charge is 0.223 e. The Hall–Kier alpha value is -1.36. The van der Waals surface area contributed by atoms with E-state index >= 15 is 0 Å². The Morgan fingerprint density at radius 3 is 2.78 bits per heavy atom. The van der Waals surface area contributed by atoms with Crippen LogP contribution in [-0.4, -0.2) is 41.4 Å². The lowest BCUT2D eigenvalue weighted by Gasteiger charge is -2.13. The van der Waals surface area contributed by atoms with Gasteiger partial charge in [-0.05, 0) is 6.42 Å². The molecule has 0 aliphatic rings. The van der Waals surface area contributed by atoms with Gasteiger partial charge < -0.3 is 10.2 Å². The van der Waals surface area contributed by atoms with Gasteiger partial charge >= 0.3 is 0 Å². The van der Waals surface area contributed by atoms with E-state index < -0.39 is 0 Å². The molecule has 5 nitrogen and oxygen atoms in total. The minimum absolute atomic E-state index is 0.0831. The molecule has 100 valence electrons. The van der Waals surface area contributed by atoms with Gasteiger partial charge in [0.05, 0.1) is 0 Å². The zero-order valence-electron chi connectivity index (χ0n) is 11.0. The van der Waals surface area contributed by atoms with Crippen LogP contribution in [0.5, 0.6) is 0 Å². The molecule has 0 aliphatic carbocycles. The molecule has 0 bridgehead atoms. The van der Waals surface area contributed by atoms with E-state index in [1.165, 1.54) is 6.33 Å². The molecule has 0 aliphatic heterocycles. The number of nitrogens with one attached hydrogen (secondary N) is 1. The van der Waals surface area contributed by atoms with E-state index in [1.54, 1.807) is 19.0 Å². The van der Waals surface area contributed by atoms with Crippen LogP contribution in [0.15, 0.2) is 6.33 Å². The third kappa shape index (κ3) is 4.14. The van der Waals surface area contributed by atoms with E-state index in [-0.39, 0.29) is 5.91 Å². The van der Waals surface area contributed by atoms with Crippen molar-refractivity contribution in [3.63, 3.8) is 0 Å². The zero-order chi connectivity index (χ0) is 13.5. The Morgan fingerprint density at radius 2 is 2.17 bits per heavy atom. The number of carbonyl (C=O) groups is 1. The average Bonchev–Trinajstić information content (AvgIpc) is 2.33. The largest absolute Gasteiger partial charge is 0.369 e. The van der Waals surface area contributed by atoms with Gasteiger partial charge in [0, 0.05) is 32.6 Å². The van der Waals surface area contributed by atoms with Crippen molar-refractivity contribution in [1.82, 2.24) is 14.9 Å². The summed E-state index contributed by atoms with van der Waals surface area (Å²) in [4.78, 5) is 21.1. The van der Waals surface area contributed by atoms with Crippen LogP contribution in [0.2, 0.25) is 5.15 Å². The number of halogens is 1. The summed E-state index contributed by atoms with van der Waals surface area (Å²) >= 11 is 6.03. The second kappa shape index (κ2) is 7.16. The van der Waals surface area contributed by atoms with Gasteiger partial charge in [-0.15, -0.1) is 0 Å². The fourth-order valence-corrected chi connectivity index (χ4v) is 1.75. The van der Waals surface area contributed by atoms with Crippen LogP contribution in [0.1, 0.15) is 25.3 Å². The van der Waals surface area contributed by atoms with Gasteiger partial charge in [0.15, 0.2) is 0 Å². The van der Waals surface area contributed by atoms with Crippen molar-refractivity contribution in [2.45, 2.75) is 26.2 Å². The summed E-state index contributed by atoms with van der Waals surface area (Å²) < 4.78 is 0. The molecule has 1 amide bonds. The van der Waals surface area contributed by atoms with Gasteiger partial charge in [0.1, 0.15) is 17.3 Å². The number of rotatable bonds is 6. The maximum absolute atomic E-state index is 11.4. The van der Waals surface area contributed by atoms with Crippen molar-refractivity contribution in [2.24, 2.45) is 0 Å². The van der Waals surface area contributed by atoms with E-state index in [2.05, 4.69) is 22.2 Å². The van der Waals surface area contributed by atoms with Crippen LogP contribution in [0.3, 0.4) is 0 Å². The van der Waals surface area contributed by atoms with Crippen LogP contribution < -0.4 is 5.32 Å². The van der Waals surface area contributed by atoms with Gasteiger partial charge in [-0.2, -0.15) is 0 Å². The third-order valence-electron chi connectivity index (χ3n) is 2.52. The normalized spacial score (nSPS) is 10.2. The van der Waals surface area contributed by atoms with Crippen LogP contribution in [0.25, 0.3) is 0 Å². The van der Waals surface area contributed by atoms with Gasteiger partial charge in [-0.25, -0.2) is 9.97 Å². The van der Waals surface area contributed by atoms with E-state index in [0.717, 1.165) is 24.2 Å². The summed E-state index contributed by atoms with van der Waals surface area (Å²) in [5.41, 5.74) is 0.916. The molecule has 1 heterocycles. The predicted octanol–water partition coefficient (Wildman–Crippen LogP) is 1.97. The minimum atomic E-state index is 0.0831. The number of hydrogen-bond donors (Lipinski definition) is 1. The maximum Gasteiger partial charge on any atom is 0.223 e. The summed E-state index contributed by atoms with van der Waals surface area (Å²) in [6.45, 7) is 2.61. The number of nitrogens with zero attached hydrogens (tertiary/aromatic N) is 3. The Bertz CT molecular complexity index is 409. The first-order valence-electron chi connectivity index (χ1n) is 5.99. The molecule has 0 spiro atoms. The van der Waals surface area contributed by atoms with Gasteiger partial charge in [-0.3, -0.25) is 4.79 Å². The van der Waals surface area contributed by atoms with Gasteiger partial charge in [0.2, 0.25) is 5.91 Å². The van der Waals surface area contributed by atoms with Crippen molar-refractivity contribution in [3.8, 4) is 0 Å². The Labute approximate surface area is 113 Å². The van der Waals surface area contributed by atoms with E-state index in [0.29, 0.717) is 18.1 Å². The second-order valence-electron chi connectivity index (χ2n) is 4.21. The Balaban J connectivity index is 2.61. The van der Waals surface area contributed by atoms with Crippen LogP contribution in [0, 0.1) is 0 Å². The Kier molecular flexibility index (Phi) is 5.85. The molecule has 0 atom stereocenters. The van der Waals surface area contributed by atoms with Crippen molar-refractivity contribution in [2.75, 3.05) is 26.0 Å². The molecule has 0 fully saturated rings. The molecule has 0 unspecified atom stereocenters. The molecule has 1 rings (SSSR count). The zero-order valence-corrected chi connectivity index (χ0v) is 11.8. The first kappa shape index (κ1) is 14.7. The van der Waals surface area contributed by atoms with E-state index in [4.69, 9.17) is 11.6 Å². The summed E-state index contributed by atoms with van der Waals surface area (Å²) in [6.07, 6.45) is 3.65. The lowest BCUT2D eigenvalue weighted by atomic mass is 10.2. The van der Waals surface area contributed by atoms with Crippen molar-refractivity contribution in [3.05, 3.63) is 17.0 Å². The molecular weight excluding hydrogens is 252 g/mol. The number of hydrogen-bond acceptors (Lipinski definition) is 4. The highest BCUT2D eigenvalue weighted by Gasteiger charge is 2.09. The van der Waals surface area contributed by atoms with Crippen LogP contribution in [0.4, 0.5) is 5.82 Å². The Morgan fingerprint density at radius 1 is 1.44 bits per heavy atom. The van der Waals surface area contributed by atoms with Gasteiger partial charge in [-0.1, -0.05) is 24.9 Å². The van der Waals surface area contributed by atoms with E-state index in [9.17, 15) is 4.79 Å². The van der Waals surface area contributed by atoms with Gasteiger partial charge in [0.25, 0.3) is 0 Å². The topological polar surface area (TPSA) is 58.1 Å². The first-order chi connectivity index (χ1) is 8.56. The SMILES string of the molecule is CCCc1c(Cl)ncnc1NCCC(=O)N(C)C. The second-order valence-corrected chi connectivity index (χ2v) is 4.56. The molecule has 0 saturated carbocycles. The minimum Gasteiger partial charge on any atom is -0.369 e. The maximum atomic E-state index is 11.4. The van der Waals surface area contributed by atoms with Crippen molar-refractivity contribution < 1.29 is 4.79 Å². The van der Waals surface area contributed by atoms with Crippen molar-refractivity contribution >= 4 is 23.3 Å². The first-order valence-corrected chi connectivity index (χ1v) is 6.37. The molecule has 0 radical (unpaired) electrons. The molecular formula is C12H19ClN4O. The average molecular weight is 271 g/mol. The fraction of sp³-hybridized carbons (Fsp3) is 0.583. The predicted molar refractivity (Wildman–Crippen MR) is 72.8 cm³/mol. The molecule has 6 heteroatoms. The standard InChI is InChI=1S/C12H19ClN4O/c1-4-5-9-11(13)15-8-16-12(9)14-7-6-10(18)17(2)3/h8H,4-7H2,1-3H3,(H,14,15,16). The number of amides is 1. The highest BCUT2D eigenvalue weighted by molar-refractivity contribution is 6.30. The lowest BCUT2D eigenvalue weighted by Crippen LogP contribution is -2.24. The molecule has 1 N–H and O–H groups in total. The molecule has 1 aromatic rings. The van der Waals surface area contributed by atoms with E-state index in [1.807, 2.05) is 0 Å². The summed E-state index contributed by atoms with van der Waals surface area (Å²) in [5.74, 6) is 0.808. The molecule has 18 heavy (non-hydrogen) atoms.